The van der Waals surface area contributed by atoms with Crippen molar-refractivity contribution >= 4 is 0 Å². The zero-order valence-corrected chi connectivity index (χ0v) is 12.1. The van der Waals surface area contributed by atoms with Crippen molar-refractivity contribution in [3.63, 3.8) is 0 Å². The average Bonchev–Trinajstić information content (AvgIpc) is 2.94. The molecular formula is C15H23N3O2. The van der Waals surface area contributed by atoms with E-state index in [2.05, 4.69) is 14.9 Å². The third-order valence-corrected chi connectivity index (χ3v) is 4.10. The van der Waals surface area contributed by atoms with Crippen LogP contribution in [0.4, 0.5) is 0 Å². The molecule has 0 spiro atoms. The fourth-order valence-corrected chi connectivity index (χ4v) is 2.97. The molecule has 2 saturated heterocycles. The van der Waals surface area contributed by atoms with Crippen molar-refractivity contribution in [3.05, 3.63) is 18.1 Å². The molecule has 0 aliphatic carbocycles. The van der Waals surface area contributed by atoms with Crippen molar-refractivity contribution in [2.45, 2.75) is 32.3 Å². The van der Waals surface area contributed by atoms with Crippen LogP contribution in [-0.4, -0.2) is 53.8 Å². The molecule has 2 aliphatic rings. The molecule has 0 N–H and O–H groups in total. The number of hydrogen-bond donors (Lipinski definition) is 0. The van der Waals surface area contributed by atoms with E-state index in [0.717, 1.165) is 50.8 Å². The summed E-state index contributed by atoms with van der Waals surface area (Å²) in [7, 11) is 0. The van der Waals surface area contributed by atoms with Gasteiger partial charge in [0.1, 0.15) is 6.10 Å². The molecule has 0 bridgehead atoms. The number of piperidine rings is 1. The van der Waals surface area contributed by atoms with Crippen molar-refractivity contribution in [3.8, 4) is 5.88 Å². The van der Waals surface area contributed by atoms with Gasteiger partial charge in [-0.1, -0.05) is 0 Å². The monoisotopic (exact) mass is 277 g/mol. The Balaban J connectivity index is 1.43. The molecule has 5 nitrogen and oxygen atoms in total. The first-order chi connectivity index (χ1) is 9.79. The summed E-state index contributed by atoms with van der Waals surface area (Å²) in [6, 6.07) is 0. The standard InChI is InChI=1S/C15H23N3O2/c1-12-8-16-9-15(17-12)20-14-2-5-18(6-3-14)10-13-4-7-19-11-13/h8-9,13-14H,2-7,10-11H2,1H3. The number of hydrogen-bond acceptors (Lipinski definition) is 5. The molecule has 3 heterocycles. The van der Waals surface area contributed by atoms with Gasteiger partial charge in [-0.25, -0.2) is 4.98 Å². The molecule has 3 rings (SSSR count). The second-order valence-electron chi connectivity index (χ2n) is 5.85. The number of ether oxygens (including phenoxy) is 2. The van der Waals surface area contributed by atoms with E-state index < -0.39 is 0 Å². The third-order valence-electron chi connectivity index (χ3n) is 4.10. The van der Waals surface area contributed by atoms with E-state index in [1.807, 2.05) is 6.92 Å². The van der Waals surface area contributed by atoms with Crippen LogP contribution in [0.1, 0.15) is 25.0 Å². The van der Waals surface area contributed by atoms with E-state index >= 15 is 0 Å². The SMILES string of the molecule is Cc1cncc(OC2CCN(CC3CCOC3)CC2)n1. The zero-order valence-electron chi connectivity index (χ0n) is 12.1. The second kappa shape index (κ2) is 6.50. The van der Waals surface area contributed by atoms with Crippen molar-refractivity contribution < 1.29 is 9.47 Å². The van der Waals surface area contributed by atoms with Gasteiger partial charge in [0, 0.05) is 32.4 Å². The van der Waals surface area contributed by atoms with E-state index in [4.69, 9.17) is 9.47 Å². The first kappa shape index (κ1) is 13.8. The van der Waals surface area contributed by atoms with Crippen LogP contribution in [0.5, 0.6) is 5.88 Å². The minimum absolute atomic E-state index is 0.280. The summed E-state index contributed by atoms with van der Waals surface area (Å²) >= 11 is 0. The van der Waals surface area contributed by atoms with Gasteiger partial charge in [-0.05, 0) is 32.1 Å². The summed E-state index contributed by atoms with van der Waals surface area (Å²) in [5, 5.41) is 0. The van der Waals surface area contributed by atoms with Gasteiger partial charge in [0.2, 0.25) is 5.88 Å². The highest BCUT2D eigenvalue weighted by atomic mass is 16.5. The molecular weight excluding hydrogens is 254 g/mol. The highest BCUT2D eigenvalue weighted by Crippen LogP contribution is 2.20. The van der Waals surface area contributed by atoms with Gasteiger partial charge >= 0.3 is 0 Å². The molecule has 0 amide bonds. The maximum atomic E-state index is 5.93. The van der Waals surface area contributed by atoms with Crippen LogP contribution in [0, 0.1) is 12.8 Å². The molecule has 2 fully saturated rings. The predicted molar refractivity (Wildman–Crippen MR) is 75.8 cm³/mol. The van der Waals surface area contributed by atoms with E-state index in [1.54, 1.807) is 12.4 Å². The molecule has 2 aliphatic heterocycles. The fraction of sp³-hybridized carbons (Fsp3) is 0.733. The highest BCUT2D eigenvalue weighted by Gasteiger charge is 2.24. The fourth-order valence-electron chi connectivity index (χ4n) is 2.97. The van der Waals surface area contributed by atoms with Crippen LogP contribution in [-0.2, 0) is 4.74 Å². The summed E-state index contributed by atoms with van der Waals surface area (Å²) in [6.07, 6.45) is 7.10. The van der Waals surface area contributed by atoms with Gasteiger partial charge in [0.05, 0.1) is 18.5 Å². The molecule has 0 aromatic carbocycles. The number of likely N-dealkylation sites (tertiary alicyclic amines) is 1. The Labute approximate surface area is 120 Å². The maximum Gasteiger partial charge on any atom is 0.232 e. The maximum absolute atomic E-state index is 5.93. The second-order valence-corrected chi connectivity index (χ2v) is 5.85. The number of nitrogens with zero attached hydrogens (tertiary/aromatic N) is 3. The Kier molecular flexibility index (Phi) is 4.47. The lowest BCUT2D eigenvalue weighted by Crippen LogP contribution is -2.40. The largest absolute Gasteiger partial charge is 0.473 e. The Morgan fingerprint density at radius 3 is 2.85 bits per heavy atom. The van der Waals surface area contributed by atoms with Gasteiger partial charge < -0.3 is 14.4 Å². The third kappa shape index (κ3) is 3.67. The molecule has 0 radical (unpaired) electrons. The zero-order chi connectivity index (χ0) is 13.8. The number of rotatable bonds is 4. The molecule has 20 heavy (non-hydrogen) atoms. The van der Waals surface area contributed by atoms with Crippen LogP contribution in [0.2, 0.25) is 0 Å². The topological polar surface area (TPSA) is 47.5 Å². The predicted octanol–water partition coefficient (Wildman–Crippen LogP) is 1.66. The van der Waals surface area contributed by atoms with Crippen molar-refractivity contribution in [2.75, 3.05) is 32.8 Å². The summed E-state index contributed by atoms with van der Waals surface area (Å²) in [4.78, 5) is 11.0. The van der Waals surface area contributed by atoms with Crippen LogP contribution in [0.25, 0.3) is 0 Å². The first-order valence-electron chi connectivity index (χ1n) is 7.55. The highest BCUT2D eigenvalue weighted by molar-refractivity contribution is 5.07. The minimum atomic E-state index is 0.280. The van der Waals surface area contributed by atoms with E-state index in [9.17, 15) is 0 Å². The van der Waals surface area contributed by atoms with E-state index in [0.29, 0.717) is 5.88 Å². The Bertz CT molecular complexity index is 427. The Hall–Kier alpha value is -1.20. The van der Waals surface area contributed by atoms with Gasteiger partial charge in [0.25, 0.3) is 0 Å². The summed E-state index contributed by atoms with van der Waals surface area (Å²) < 4.78 is 11.4. The normalized spacial score (nSPS) is 24.9. The molecule has 110 valence electrons. The Morgan fingerprint density at radius 1 is 1.30 bits per heavy atom. The van der Waals surface area contributed by atoms with Gasteiger partial charge in [-0.2, -0.15) is 0 Å². The summed E-state index contributed by atoms with van der Waals surface area (Å²) in [6.45, 7) is 7.22. The van der Waals surface area contributed by atoms with Crippen LogP contribution >= 0.6 is 0 Å². The lowest BCUT2D eigenvalue weighted by Gasteiger charge is -2.33. The quantitative estimate of drug-likeness (QED) is 0.837. The molecule has 1 aromatic rings. The molecule has 1 aromatic heterocycles. The minimum Gasteiger partial charge on any atom is -0.473 e. The Morgan fingerprint density at radius 2 is 2.15 bits per heavy atom. The van der Waals surface area contributed by atoms with Crippen molar-refractivity contribution in [2.24, 2.45) is 5.92 Å². The van der Waals surface area contributed by atoms with Crippen LogP contribution < -0.4 is 4.74 Å². The number of aromatic nitrogens is 2. The molecule has 5 heteroatoms. The smallest absolute Gasteiger partial charge is 0.232 e. The average molecular weight is 277 g/mol. The van der Waals surface area contributed by atoms with Gasteiger partial charge in [0.15, 0.2) is 0 Å². The lowest BCUT2D eigenvalue weighted by atomic mass is 10.0. The van der Waals surface area contributed by atoms with Gasteiger partial charge in [-0.3, -0.25) is 4.98 Å². The van der Waals surface area contributed by atoms with Crippen molar-refractivity contribution in [1.29, 1.82) is 0 Å². The molecule has 1 atom stereocenters. The van der Waals surface area contributed by atoms with Crippen LogP contribution in [0.15, 0.2) is 12.4 Å². The lowest BCUT2D eigenvalue weighted by molar-refractivity contribution is 0.0847. The summed E-state index contributed by atoms with van der Waals surface area (Å²) in [5.74, 6) is 1.39. The van der Waals surface area contributed by atoms with Crippen molar-refractivity contribution in [1.82, 2.24) is 14.9 Å². The van der Waals surface area contributed by atoms with Crippen LogP contribution in [0.3, 0.4) is 0 Å². The first-order valence-corrected chi connectivity index (χ1v) is 7.55. The molecule has 0 saturated carbocycles. The summed E-state index contributed by atoms with van der Waals surface area (Å²) in [5.41, 5.74) is 0.904. The van der Waals surface area contributed by atoms with E-state index in [1.165, 1.54) is 13.0 Å². The van der Waals surface area contributed by atoms with E-state index in [-0.39, 0.29) is 6.10 Å². The molecule has 1 unspecified atom stereocenters. The van der Waals surface area contributed by atoms with Gasteiger partial charge in [-0.15, -0.1) is 0 Å². The number of aryl methyl sites for hydroxylation is 1.